The molecule has 1 amide bonds. The normalized spacial score (nSPS) is 9.59. The van der Waals surface area contributed by atoms with Crippen LogP contribution in [-0.4, -0.2) is 12.5 Å². The Morgan fingerprint density at radius 2 is 2.18 bits per heavy atom. The van der Waals surface area contributed by atoms with Crippen LogP contribution in [0.5, 0.6) is 5.75 Å². The van der Waals surface area contributed by atoms with Gasteiger partial charge in [0, 0.05) is 18.2 Å². The molecule has 0 aliphatic heterocycles. The summed E-state index contributed by atoms with van der Waals surface area (Å²) in [5, 5.41) is 8.37. The first-order valence-corrected chi connectivity index (χ1v) is 5.34. The third-order valence-electron chi connectivity index (χ3n) is 2.21. The van der Waals surface area contributed by atoms with Gasteiger partial charge in [0.25, 0.3) is 5.91 Å². The standard InChI is InChI=1S/C12H15N3O2/c13-6-2-1-3-7-17-11-8-9(14)4-5-10(11)12(15)16/h4-5,8H,1-3,7,14H2,(H2,15,16). The van der Waals surface area contributed by atoms with E-state index in [0.717, 1.165) is 12.8 Å². The molecule has 5 heteroatoms. The van der Waals surface area contributed by atoms with Gasteiger partial charge in [-0.15, -0.1) is 0 Å². The highest BCUT2D eigenvalue weighted by molar-refractivity contribution is 5.96. The van der Waals surface area contributed by atoms with Gasteiger partial charge in [-0.1, -0.05) is 0 Å². The SMILES string of the molecule is N#CCCCCOc1cc(N)ccc1C(N)=O. The van der Waals surface area contributed by atoms with Crippen LogP contribution in [0.25, 0.3) is 0 Å². The number of carbonyl (C=O) groups excluding carboxylic acids is 1. The van der Waals surface area contributed by atoms with E-state index in [9.17, 15) is 4.79 Å². The fraction of sp³-hybridized carbons (Fsp3) is 0.333. The number of nitrogens with zero attached hydrogens (tertiary/aromatic N) is 1. The second-order valence-electron chi connectivity index (χ2n) is 3.58. The summed E-state index contributed by atoms with van der Waals surface area (Å²) in [4.78, 5) is 11.1. The van der Waals surface area contributed by atoms with Crippen LogP contribution >= 0.6 is 0 Å². The molecule has 0 atom stereocenters. The highest BCUT2D eigenvalue weighted by atomic mass is 16.5. The van der Waals surface area contributed by atoms with E-state index in [0.29, 0.717) is 30.0 Å². The Labute approximate surface area is 100.0 Å². The number of primary amides is 1. The summed E-state index contributed by atoms with van der Waals surface area (Å²) in [5.74, 6) is -0.147. The van der Waals surface area contributed by atoms with Crippen LogP contribution in [0, 0.1) is 11.3 Å². The van der Waals surface area contributed by atoms with E-state index in [-0.39, 0.29) is 0 Å². The van der Waals surface area contributed by atoms with Crippen molar-refractivity contribution >= 4 is 11.6 Å². The van der Waals surface area contributed by atoms with Crippen LogP contribution in [0.15, 0.2) is 18.2 Å². The molecule has 0 spiro atoms. The van der Waals surface area contributed by atoms with Crippen LogP contribution in [0.1, 0.15) is 29.6 Å². The molecule has 0 aromatic heterocycles. The van der Waals surface area contributed by atoms with Crippen LogP contribution in [0.3, 0.4) is 0 Å². The number of rotatable bonds is 6. The Bertz CT molecular complexity index is 438. The van der Waals surface area contributed by atoms with Crippen molar-refractivity contribution in [2.75, 3.05) is 12.3 Å². The monoisotopic (exact) mass is 233 g/mol. The molecular weight excluding hydrogens is 218 g/mol. The number of nitrogen functional groups attached to an aromatic ring is 1. The van der Waals surface area contributed by atoms with E-state index in [1.165, 1.54) is 0 Å². The average molecular weight is 233 g/mol. The zero-order chi connectivity index (χ0) is 12.7. The van der Waals surface area contributed by atoms with Gasteiger partial charge in [0.2, 0.25) is 0 Å². The number of amides is 1. The van der Waals surface area contributed by atoms with Gasteiger partial charge in [-0.3, -0.25) is 4.79 Å². The molecule has 0 heterocycles. The van der Waals surface area contributed by atoms with Gasteiger partial charge in [-0.2, -0.15) is 5.26 Å². The van der Waals surface area contributed by atoms with Crippen molar-refractivity contribution in [3.8, 4) is 11.8 Å². The maximum Gasteiger partial charge on any atom is 0.252 e. The van der Waals surface area contributed by atoms with Crippen LogP contribution in [-0.2, 0) is 0 Å². The minimum Gasteiger partial charge on any atom is -0.493 e. The summed E-state index contributed by atoms with van der Waals surface area (Å²) >= 11 is 0. The second kappa shape index (κ2) is 6.38. The van der Waals surface area contributed by atoms with Gasteiger partial charge in [0.05, 0.1) is 18.2 Å². The van der Waals surface area contributed by atoms with Crippen LogP contribution < -0.4 is 16.2 Å². The Morgan fingerprint density at radius 1 is 1.41 bits per heavy atom. The molecule has 5 nitrogen and oxygen atoms in total. The highest BCUT2D eigenvalue weighted by Crippen LogP contribution is 2.21. The van der Waals surface area contributed by atoms with E-state index >= 15 is 0 Å². The predicted octanol–water partition coefficient (Wildman–Crippen LogP) is 1.44. The number of hydrogen-bond acceptors (Lipinski definition) is 4. The first-order chi connectivity index (χ1) is 8.15. The number of benzene rings is 1. The molecule has 0 saturated heterocycles. The molecular formula is C12H15N3O2. The molecule has 0 bridgehead atoms. The topological polar surface area (TPSA) is 102 Å². The van der Waals surface area contributed by atoms with Crippen molar-refractivity contribution < 1.29 is 9.53 Å². The summed E-state index contributed by atoms with van der Waals surface area (Å²) < 4.78 is 5.44. The number of ether oxygens (including phenoxy) is 1. The van der Waals surface area contributed by atoms with E-state index in [2.05, 4.69) is 6.07 Å². The molecule has 0 unspecified atom stereocenters. The first kappa shape index (κ1) is 12.8. The number of anilines is 1. The average Bonchev–Trinajstić information content (AvgIpc) is 2.28. The molecule has 1 aromatic carbocycles. The highest BCUT2D eigenvalue weighted by Gasteiger charge is 2.09. The number of nitrogens with two attached hydrogens (primary N) is 2. The molecule has 90 valence electrons. The number of nitriles is 1. The summed E-state index contributed by atoms with van der Waals surface area (Å²) in [6.45, 7) is 0.436. The van der Waals surface area contributed by atoms with Crippen LogP contribution in [0.2, 0.25) is 0 Å². The molecule has 0 aliphatic rings. The third kappa shape index (κ3) is 4.03. The fourth-order valence-electron chi connectivity index (χ4n) is 1.35. The quantitative estimate of drug-likeness (QED) is 0.573. The van der Waals surface area contributed by atoms with Gasteiger partial charge >= 0.3 is 0 Å². The maximum atomic E-state index is 11.1. The van der Waals surface area contributed by atoms with Crippen molar-refractivity contribution in [1.29, 1.82) is 5.26 Å². The Kier molecular flexibility index (Phi) is 4.82. The first-order valence-electron chi connectivity index (χ1n) is 5.34. The fourth-order valence-corrected chi connectivity index (χ4v) is 1.35. The molecule has 4 N–H and O–H groups in total. The predicted molar refractivity (Wildman–Crippen MR) is 64.3 cm³/mol. The molecule has 1 aromatic rings. The molecule has 0 aliphatic carbocycles. The van der Waals surface area contributed by atoms with E-state index < -0.39 is 5.91 Å². The van der Waals surface area contributed by atoms with E-state index in [4.69, 9.17) is 21.5 Å². The molecule has 1 rings (SSSR count). The second-order valence-corrected chi connectivity index (χ2v) is 3.58. The Morgan fingerprint density at radius 3 is 2.82 bits per heavy atom. The molecule has 17 heavy (non-hydrogen) atoms. The van der Waals surface area contributed by atoms with Crippen molar-refractivity contribution in [3.63, 3.8) is 0 Å². The van der Waals surface area contributed by atoms with Gasteiger partial charge in [-0.25, -0.2) is 0 Å². The number of carbonyl (C=O) groups is 1. The minimum atomic E-state index is -0.544. The lowest BCUT2D eigenvalue weighted by Gasteiger charge is -2.09. The van der Waals surface area contributed by atoms with Gasteiger partial charge in [-0.05, 0) is 25.0 Å². The number of unbranched alkanes of at least 4 members (excludes halogenated alkanes) is 2. The van der Waals surface area contributed by atoms with Gasteiger partial charge in [0.15, 0.2) is 0 Å². The molecule has 0 radical (unpaired) electrons. The molecule has 0 saturated carbocycles. The maximum absolute atomic E-state index is 11.1. The number of hydrogen-bond donors (Lipinski definition) is 2. The Balaban J connectivity index is 2.60. The minimum absolute atomic E-state index is 0.319. The summed E-state index contributed by atoms with van der Waals surface area (Å²) in [7, 11) is 0. The van der Waals surface area contributed by atoms with E-state index in [1.54, 1.807) is 18.2 Å². The van der Waals surface area contributed by atoms with Crippen molar-refractivity contribution in [3.05, 3.63) is 23.8 Å². The lowest BCUT2D eigenvalue weighted by Crippen LogP contribution is -2.13. The lowest BCUT2D eigenvalue weighted by atomic mass is 10.1. The summed E-state index contributed by atoms with van der Waals surface area (Å²) in [5.41, 5.74) is 11.7. The lowest BCUT2D eigenvalue weighted by molar-refractivity contribution is 0.0996. The Hall–Kier alpha value is -2.22. The third-order valence-corrected chi connectivity index (χ3v) is 2.21. The van der Waals surface area contributed by atoms with Crippen molar-refractivity contribution in [2.45, 2.75) is 19.3 Å². The van der Waals surface area contributed by atoms with Gasteiger partial charge < -0.3 is 16.2 Å². The zero-order valence-corrected chi connectivity index (χ0v) is 9.48. The summed E-state index contributed by atoms with van der Waals surface area (Å²) in [6.07, 6.45) is 2.02. The van der Waals surface area contributed by atoms with Crippen molar-refractivity contribution in [2.24, 2.45) is 5.73 Å². The zero-order valence-electron chi connectivity index (χ0n) is 9.48. The van der Waals surface area contributed by atoms with Crippen molar-refractivity contribution in [1.82, 2.24) is 0 Å². The summed E-state index contributed by atoms with van der Waals surface area (Å²) in [6, 6.07) is 6.77. The largest absolute Gasteiger partial charge is 0.493 e. The van der Waals surface area contributed by atoms with Gasteiger partial charge in [0.1, 0.15) is 5.75 Å². The van der Waals surface area contributed by atoms with E-state index in [1.807, 2.05) is 0 Å². The molecule has 0 fully saturated rings. The smallest absolute Gasteiger partial charge is 0.252 e. The van der Waals surface area contributed by atoms with Crippen LogP contribution in [0.4, 0.5) is 5.69 Å².